The first-order chi connectivity index (χ1) is 14.0. The molecular weight excluding hydrogens is 378 g/mol. The van der Waals surface area contributed by atoms with E-state index in [2.05, 4.69) is 65.4 Å². The third-order valence-corrected chi connectivity index (χ3v) is 5.88. The Morgan fingerprint density at radius 2 is 1.66 bits per heavy atom. The van der Waals surface area contributed by atoms with Crippen molar-refractivity contribution in [2.75, 3.05) is 17.3 Å². The van der Waals surface area contributed by atoms with Crippen LogP contribution in [0.5, 0.6) is 0 Å². The predicted molar refractivity (Wildman–Crippen MR) is 122 cm³/mol. The average Bonchev–Trinajstić information content (AvgIpc) is 3.09. The third-order valence-electron chi connectivity index (χ3n) is 4.62. The lowest BCUT2D eigenvalue weighted by atomic mass is 10.2. The molecule has 2 aromatic carbocycles. The molecule has 29 heavy (non-hydrogen) atoms. The van der Waals surface area contributed by atoms with Crippen molar-refractivity contribution in [1.82, 2.24) is 15.0 Å². The fourth-order valence-electron chi connectivity index (χ4n) is 3.11. The van der Waals surface area contributed by atoms with E-state index in [4.69, 9.17) is 9.97 Å². The molecule has 0 saturated carbocycles. The Balaban J connectivity index is 1.62. The van der Waals surface area contributed by atoms with Crippen molar-refractivity contribution < 1.29 is 0 Å². The lowest BCUT2D eigenvalue weighted by molar-refractivity contribution is 1.13. The van der Waals surface area contributed by atoms with Crippen LogP contribution in [-0.2, 0) is 0 Å². The maximum absolute atomic E-state index is 4.78. The van der Waals surface area contributed by atoms with Crippen LogP contribution in [0.15, 0.2) is 60.8 Å². The zero-order valence-corrected chi connectivity index (χ0v) is 17.8. The Morgan fingerprint density at radius 1 is 0.897 bits per heavy atom. The molecule has 2 aromatic heterocycles. The molecule has 6 heteroatoms. The quantitative estimate of drug-likeness (QED) is 0.442. The summed E-state index contributed by atoms with van der Waals surface area (Å²) in [6.45, 7) is 6.18. The lowest BCUT2D eigenvalue weighted by Crippen LogP contribution is -2.08. The number of benzene rings is 2. The molecule has 0 fully saturated rings. The van der Waals surface area contributed by atoms with Gasteiger partial charge < -0.3 is 10.2 Å². The number of nitrogens with zero attached hydrogens (tertiary/aromatic N) is 4. The van der Waals surface area contributed by atoms with Crippen molar-refractivity contribution in [2.45, 2.75) is 20.8 Å². The topological polar surface area (TPSA) is 53.9 Å². The second-order valence-electron chi connectivity index (χ2n) is 7.07. The van der Waals surface area contributed by atoms with E-state index in [-0.39, 0.29) is 0 Å². The average molecular weight is 402 g/mol. The van der Waals surface area contributed by atoms with Gasteiger partial charge in [-0.15, -0.1) is 0 Å². The molecule has 0 atom stereocenters. The normalized spacial score (nSPS) is 10.8. The van der Waals surface area contributed by atoms with Crippen LogP contribution in [0, 0.1) is 20.8 Å². The molecule has 0 amide bonds. The molecule has 2 heterocycles. The summed E-state index contributed by atoms with van der Waals surface area (Å²) in [5.41, 5.74) is 6.34. The first-order valence-corrected chi connectivity index (χ1v) is 10.3. The highest BCUT2D eigenvalue weighted by Gasteiger charge is 2.15. The van der Waals surface area contributed by atoms with Crippen LogP contribution in [0.3, 0.4) is 0 Å². The van der Waals surface area contributed by atoms with Crippen molar-refractivity contribution in [1.29, 1.82) is 0 Å². The van der Waals surface area contributed by atoms with E-state index >= 15 is 0 Å². The number of aryl methyl sites for hydroxylation is 3. The van der Waals surface area contributed by atoms with E-state index in [9.17, 15) is 0 Å². The van der Waals surface area contributed by atoms with E-state index in [1.54, 1.807) is 17.5 Å². The molecule has 146 valence electrons. The third kappa shape index (κ3) is 4.27. The van der Waals surface area contributed by atoms with Crippen LogP contribution in [0.1, 0.15) is 16.8 Å². The Bertz CT molecular complexity index is 1150. The zero-order valence-electron chi connectivity index (χ0n) is 17.0. The minimum Gasteiger partial charge on any atom is -0.324 e. The van der Waals surface area contributed by atoms with Gasteiger partial charge in [0.05, 0.1) is 16.3 Å². The second-order valence-corrected chi connectivity index (χ2v) is 8.05. The van der Waals surface area contributed by atoms with Gasteiger partial charge in [-0.05, 0) is 62.2 Å². The lowest BCUT2D eigenvalue weighted by Gasteiger charge is -2.16. The van der Waals surface area contributed by atoms with Crippen LogP contribution in [0.2, 0.25) is 0 Å². The van der Waals surface area contributed by atoms with Crippen LogP contribution in [0.4, 0.5) is 22.5 Å². The number of aromatic nitrogens is 3. The molecule has 0 radical (unpaired) electrons. The molecule has 0 spiro atoms. The molecule has 0 aliphatic carbocycles. The van der Waals surface area contributed by atoms with Crippen LogP contribution < -0.4 is 10.2 Å². The number of hydrogen-bond acceptors (Lipinski definition) is 6. The Hall–Kier alpha value is -3.25. The number of hydrogen-bond donors (Lipinski definition) is 1. The molecule has 0 aliphatic rings. The number of anilines is 4. The minimum absolute atomic E-state index is 0.578. The van der Waals surface area contributed by atoms with E-state index in [0.29, 0.717) is 5.95 Å². The van der Waals surface area contributed by atoms with Gasteiger partial charge in [0.25, 0.3) is 0 Å². The summed E-state index contributed by atoms with van der Waals surface area (Å²) in [5, 5.41) is 4.23. The van der Waals surface area contributed by atoms with E-state index in [0.717, 1.165) is 32.8 Å². The highest BCUT2D eigenvalue weighted by molar-refractivity contribution is 7.19. The van der Waals surface area contributed by atoms with Gasteiger partial charge in [-0.2, -0.15) is 0 Å². The largest absolute Gasteiger partial charge is 0.324 e. The molecule has 0 saturated heterocycles. The monoisotopic (exact) mass is 401 g/mol. The molecule has 4 rings (SSSR count). The van der Waals surface area contributed by atoms with Crippen molar-refractivity contribution in [3.05, 3.63) is 77.6 Å². The molecular formula is C23H23N5S. The van der Waals surface area contributed by atoms with Gasteiger partial charge in [-0.1, -0.05) is 35.6 Å². The number of thiazole rings is 1. The van der Waals surface area contributed by atoms with Gasteiger partial charge in [0.15, 0.2) is 5.13 Å². The van der Waals surface area contributed by atoms with Crippen molar-refractivity contribution in [3.63, 3.8) is 0 Å². The van der Waals surface area contributed by atoms with Gasteiger partial charge >= 0.3 is 0 Å². The maximum atomic E-state index is 4.78. The molecule has 5 nitrogen and oxygen atoms in total. The first kappa shape index (κ1) is 19.1. The van der Waals surface area contributed by atoms with Crippen LogP contribution in [0.25, 0.3) is 10.6 Å². The number of rotatable bonds is 5. The van der Waals surface area contributed by atoms with E-state index < -0.39 is 0 Å². The SMILES string of the molecule is Cc1cccc(Nc2nccc(-c3sc(N(C)c4cccc(C)c4)nc3C)n2)c1. The molecule has 0 bridgehead atoms. The number of nitrogens with one attached hydrogen (secondary N) is 1. The van der Waals surface area contributed by atoms with Crippen LogP contribution >= 0.6 is 11.3 Å². The molecule has 1 N–H and O–H groups in total. The standard InChI is InChI=1S/C23H23N5S/c1-15-7-5-9-18(13-15)26-22-24-12-11-20(27-22)21-17(3)25-23(29-21)28(4)19-10-6-8-16(2)14-19/h5-14H,1-4H3,(H,24,26,27). The summed E-state index contributed by atoms with van der Waals surface area (Å²) in [6, 6.07) is 18.5. The fraction of sp³-hybridized carbons (Fsp3) is 0.174. The highest BCUT2D eigenvalue weighted by Crippen LogP contribution is 2.36. The highest BCUT2D eigenvalue weighted by atomic mass is 32.1. The second kappa shape index (κ2) is 8.01. The minimum atomic E-state index is 0.578. The smallest absolute Gasteiger partial charge is 0.227 e. The summed E-state index contributed by atoms with van der Waals surface area (Å²) in [5.74, 6) is 0.578. The van der Waals surface area contributed by atoms with Crippen molar-refractivity contribution in [3.8, 4) is 10.6 Å². The van der Waals surface area contributed by atoms with Crippen molar-refractivity contribution in [2.24, 2.45) is 0 Å². The van der Waals surface area contributed by atoms with E-state index in [1.165, 1.54) is 11.1 Å². The predicted octanol–water partition coefficient (Wildman–Crippen LogP) is 6.04. The van der Waals surface area contributed by atoms with Gasteiger partial charge in [-0.3, -0.25) is 0 Å². The van der Waals surface area contributed by atoms with Gasteiger partial charge in [0, 0.05) is 24.6 Å². The van der Waals surface area contributed by atoms with Crippen molar-refractivity contribution >= 4 is 33.8 Å². The Kier molecular flexibility index (Phi) is 5.27. The summed E-state index contributed by atoms with van der Waals surface area (Å²) in [4.78, 5) is 17.0. The maximum Gasteiger partial charge on any atom is 0.227 e. The summed E-state index contributed by atoms with van der Waals surface area (Å²) in [6.07, 6.45) is 1.78. The molecule has 4 aromatic rings. The summed E-state index contributed by atoms with van der Waals surface area (Å²) >= 11 is 1.64. The Labute approximate surface area is 175 Å². The Morgan fingerprint density at radius 3 is 2.41 bits per heavy atom. The van der Waals surface area contributed by atoms with Crippen LogP contribution in [-0.4, -0.2) is 22.0 Å². The molecule has 0 aliphatic heterocycles. The summed E-state index contributed by atoms with van der Waals surface area (Å²) < 4.78 is 0. The summed E-state index contributed by atoms with van der Waals surface area (Å²) in [7, 11) is 2.04. The van der Waals surface area contributed by atoms with E-state index in [1.807, 2.05) is 32.2 Å². The van der Waals surface area contributed by atoms with Gasteiger partial charge in [0.1, 0.15) is 0 Å². The zero-order chi connectivity index (χ0) is 20.4. The first-order valence-electron chi connectivity index (χ1n) is 9.44. The van der Waals surface area contributed by atoms with Gasteiger partial charge in [-0.25, -0.2) is 15.0 Å². The molecule has 0 unspecified atom stereocenters. The fourth-order valence-corrected chi connectivity index (χ4v) is 4.13. The van der Waals surface area contributed by atoms with Gasteiger partial charge in [0.2, 0.25) is 5.95 Å².